The summed E-state index contributed by atoms with van der Waals surface area (Å²) in [7, 11) is 0. The lowest BCUT2D eigenvalue weighted by molar-refractivity contribution is 0.00624. The second-order valence-electron chi connectivity index (χ2n) is 7.31. The number of carbonyl (C=O) groups is 2. The number of amides is 2. The highest BCUT2D eigenvalue weighted by molar-refractivity contribution is 5.99. The summed E-state index contributed by atoms with van der Waals surface area (Å²) in [6, 6.07) is 1.60. The predicted octanol–water partition coefficient (Wildman–Crippen LogP) is -0.273. The van der Waals surface area contributed by atoms with Crippen LogP contribution in [0.5, 0.6) is 5.75 Å². The van der Waals surface area contributed by atoms with E-state index in [1.54, 1.807) is 29.1 Å². The van der Waals surface area contributed by atoms with Gasteiger partial charge in [-0.15, -0.1) is 0 Å². The van der Waals surface area contributed by atoms with Crippen molar-refractivity contribution in [1.82, 2.24) is 29.2 Å². The fourth-order valence-electron chi connectivity index (χ4n) is 3.87. The fraction of sp³-hybridized carbons (Fsp3) is 0.316. The van der Waals surface area contributed by atoms with Crippen molar-refractivity contribution in [2.75, 3.05) is 6.61 Å². The maximum absolute atomic E-state index is 12.8. The lowest BCUT2D eigenvalue weighted by Crippen LogP contribution is -2.49. The molecule has 3 aromatic heterocycles. The number of fused-ring (bicyclic) bond motifs is 3. The summed E-state index contributed by atoms with van der Waals surface area (Å²) in [5.41, 5.74) is -0.722. The molecule has 2 aliphatic rings. The van der Waals surface area contributed by atoms with Crippen molar-refractivity contribution in [3.63, 3.8) is 0 Å². The third-order valence-corrected chi connectivity index (χ3v) is 5.32. The van der Waals surface area contributed by atoms with Gasteiger partial charge < -0.3 is 24.6 Å². The van der Waals surface area contributed by atoms with Crippen LogP contribution in [0.3, 0.4) is 0 Å². The molecule has 2 atom stereocenters. The van der Waals surface area contributed by atoms with E-state index in [9.17, 15) is 19.5 Å². The summed E-state index contributed by atoms with van der Waals surface area (Å²) in [5, 5.41) is 13.0. The third-order valence-electron chi connectivity index (χ3n) is 5.32. The maximum Gasteiger partial charge on any atom is 0.276 e. The van der Waals surface area contributed by atoms with Gasteiger partial charge in [0.1, 0.15) is 5.56 Å². The van der Waals surface area contributed by atoms with Crippen LogP contribution in [0.15, 0.2) is 35.6 Å². The van der Waals surface area contributed by atoms with Crippen LogP contribution in [0, 0.1) is 0 Å². The Kier molecular flexibility index (Phi) is 4.07. The minimum Gasteiger partial charge on any atom is -0.503 e. The number of carbonyl (C=O) groups excluding carboxylic acids is 2. The van der Waals surface area contributed by atoms with E-state index in [-0.39, 0.29) is 30.4 Å². The standard InChI is InChI=1S/C19H18N6O5/c1-10-9-30-13-8-24-7-12(15(26)16(27)14(24)18(29)25(10)13)17(28)21-5-11-6-23-4-2-3-20-19(23)22-11/h2-4,6-7,10,13,27H,5,8-9H2,1H3,(H,21,28)/t10-,13+/m0/s1. The van der Waals surface area contributed by atoms with E-state index in [1.165, 1.54) is 15.7 Å². The number of ether oxygens (including phenoxy) is 1. The van der Waals surface area contributed by atoms with E-state index < -0.39 is 29.2 Å². The van der Waals surface area contributed by atoms with Crippen LogP contribution in [0.4, 0.5) is 0 Å². The van der Waals surface area contributed by atoms with Crippen LogP contribution in [-0.4, -0.2) is 59.6 Å². The van der Waals surface area contributed by atoms with Gasteiger partial charge in [-0.1, -0.05) is 0 Å². The van der Waals surface area contributed by atoms with Crippen molar-refractivity contribution in [3.8, 4) is 5.75 Å². The highest BCUT2D eigenvalue weighted by Crippen LogP contribution is 2.29. The summed E-state index contributed by atoms with van der Waals surface area (Å²) in [6.07, 6.45) is 5.90. The van der Waals surface area contributed by atoms with Gasteiger partial charge in [-0.2, -0.15) is 0 Å². The zero-order valence-corrected chi connectivity index (χ0v) is 16.0. The normalized spacial score (nSPS) is 20.3. The molecule has 5 rings (SSSR count). The second kappa shape index (κ2) is 6.66. The Hall–Kier alpha value is -3.73. The van der Waals surface area contributed by atoms with Crippen molar-refractivity contribution >= 4 is 17.6 Å². The number of aromatic hydroxyl groups is 1. The molecular weight excluding hydrogens is 392 g/mol. The molecule has 0 radical (unpaired) electrons. The van der Waals surface area contributed by atoms with Crippen molar-refractivity contribution in [3.05, 3.63) is 58.0 Å². The Labute approximate surface area is 169 Å². The van der Waals surface area contributed by atoms with E-state index in [0.717, 1.165) is 0 Å². The lowest BCUT2D eigenvalue weighted by Gasteiger charge is -2.33. The number of aromatic nitrogens is 4. The topological polar surface area (TPSA) is 131 Å². The van der Waals surface area contributed by atoms with Gasteiger partial charge in [0.15, 0.2) is 17.7 Å². The summed E-state index contributed by atoms with van der Waals surface area (Å²) >= 11 is 0. The predicted molar refractivity (Wildman–Crippen MR) is 102 cm³/mol. The first-order valence-corrected chi connectivity index (χ1v) is 9.41. The van der Waals surface area contributed by atoms with E-state index in [1.807, 2.05) is 6.92 Å². The average Bonchev–Trinajstić information content (AvgIpc) is 3.32. The van der Waals surface area contributed by atoms with Crippen molar-refractivity contribution < 1.29 is 19.4 Å². The molecule has 0 aromatic carbocycles. The summed E-state index contributed by atoms with van der Waals surface area (Å²) in [4.78, 5) is 47.9. The Balaban J connectivity index is 1.42. The molecule has 0 aliphatic carbocycles. The molecule has 5 heterocycles. The molecule has 0 spiro atoms. The van der Waals surface area contributed by atoms with Crippen LogP contribution in [0.1, 0.15) is 33.5 Å². The Morgan fingerprint density at radius 2 is 2.20 bits per heavy atom. The average molecular weight is 410 g/mol. The minimum atomic E-state index is -0.894. The molecule has 0 unspecified atom stereocenters. The van der Waals surface area contributed by atoms with E-state index in [0.29, 0.717) is 18.1 Å². The first kappa shape index (κ1) is 18.3. The molecule has 2 N–H and O–H groups in total. The van der Waals surface area contributed by atoms with E-state index in [2.05, 4.69) is 15.3 Å². The van der Waals surface area contributed by atoms with Gasteiger partial charge in [-0.3, -0.25) is 18.8 Å². The molecule has 11 heteroatoms. The van der Waals surface area contributed by atoms with Crippen molar-refractivity contribution in [2.24, 2.45) is 0 Å². The van der Waals surface area contributed by atoms with Crippen LogP contribution in [0.2, 0.25) is 0 Å². The van der Waals surface area contributed by atoms with Crippen LogP contribution >= 0.6 is 0 Å². The van der Waals surface area contributed by atoms with Gasteiger partial charge in [0.05, 0.1) is 31.4 Å². The molecule has 3 aromatic rings. The van der Waals surface area contributed by atoms with E-state index in [4.69, 9.17) is 4.74 Å². The summed E-state index contributed by atoms with van der Waals surface area (Å²) in [6.45, 7) is 2.49. The number of hydrogen-bond acceptors (Lipinski definition) is 7. The molecule has 1 saturated heterocycles. The number of imidazole rings is 1. The van der Waals surface area contributed by atoms with Crippen LogP contribution < -0.4 is 10.7 Å². The van der Waals surface area contributed by atoms with Gasteiger partial charge in [0.2, 0.25) is 11.2 Å². The summed E-state index contributed by atoms with van der Waals surface area (Å²) in [5.74, 6) is -1.41. The van der Waals surface area contributed by atoms with Gasteiger partial charge in [0.25, 0.3) is 11.8 Å². The number of nitrogens with one attached hydrogen (secondary N) is 1. The van der Waals surface area contributed by atoms with Crippen LogP contribution in [-0.2, 0) is 17.8 Å². The second-order valence-corrected chi connectivity index (χ2v) is 7.31. The molecule has 1 fully saturated rings. The molecule has 30 heavy (non-hydrogen) atoms. The highest BCUT2D eigenvalue weighted by Gasteiger charge is 2.42. The van der Waals surface area contributed by atoms with Crippen LogP contribution in [0.25, 0.3) is 5.78 Å². The smallest absolute Gasteiger partial charge is 0.276 e. The molecule has 2 aliphatic heterocycles. The van der Waals surface area contributed by atoms with E-state index >= 15 is 0 Å². The monoisotopic (exact) mass is 410 g/mol. The molecule has 11 nitrogen and oxygen atoms in total. The highest BCUT2D eigenvalue weighted by atomic mass is 16.5. The minimum absolute atomic E-state index is 0.0695. The van der Waals surface area contributed by atoms with Crippen molar-refractivity contribution in [1.29, 1.82) is 0 Å². The van der Waals surface area contributed by atoms with Gasteiger partial charge in [0, 0.05) is 24.8 Å². The molecular formula is C19H18N6O5. The van der Waals surface area contributed by atoms with Crippen molar-refractivity contribution in [2.45, 2.75) is 32.3 Å². The Bertz CT molecular complexity index is 1210. The third kappa shape index (κ3) is 2.74. The lowest BCUT2D eigenvalue weighted by atomic mass is 10.1. The maximum atomic E-state index is 12.8. The van der Waals surface area contributed by atoms with Gasteiger partial charge in [-0.05, 0) is 13.0 Å². The van der Waals surface area contributed by atoms with Gasteiger partial charge in [-0.25, -0.2) is 9.97 Å². The fourth-order valence-corrected chi connectivity index (χ4v) is 3.87. The molecule has 2 amide bonds. The van der Waals surface area contributed by atoms with Gasteiger partial charge >= 0.3 is 0 Å². The largest absolute Gasteiger partial charge is 0.503 e. The SMILES string of the molecule is C[C@H]1CO[C@@H]2Cn3cc(C(=O)NCc4cn5cccnc5n4)c(=O)c(O)c3C(=O)N12. The molecule has 0 saturated carbocycles. The first-order valence-electron chi connectivity index (χ1n) is 9.41. The quantitative estimate of drug-likeness (QED) is 0.607. The summed E-state index contributed by atoms with van der Waals surface area (Å²) < 4.78 is 8.72. The number of hydrogen-bond donors (Lipinski definition) is 2. The zero-order valence-electron chi connectivity index (χ0n) is 16.0. The molecule has 0 bridgehead atoms. The number of rotatable bonds is 3. The zero-order chi connectivity index (χ0) is 21.0. The Morgan fingerprint density at radius 3 is 3.00 bits per heavy atom. The first-order chi connectivity index (χ1) is 14.4. The Morgan fingerprint density at radius 1 is 1.37 bits per heavy atom. The molecule has 154 valence electrons. The number of nitrogens with zero attached hydrogens (tertiary/aromatic N) is 5. The number of pyridine rings is 1.